The lowest BCUT2D eigenvalue weighted by Crippen LogP contribution is -2.61. The van der Waals surface area contributed by atoms with E-state index >= 15 is 0 Å². The summed E-state index contributed by atoms with van der Waals surface area (Å²) in [7, 11) is 0. The number of hydrogen-bond acceptors (Lipinski definition) is 4. The number of piperazine rings is 1. The fourth-order valence-corrected chi connectivity index (χ4v) is 2.95. The molecule has 136 valence electrons. The van der Waals surface area contributed by atoms with Crippen LogP contribution in [-0.2, 0) is 25.7 Å². The van der Waals surface area contributed by atoms with E-state index in [1.54, 1.807) is 0 Å². The van der Waals surface area contributed by atoms with Gasteiger partial charge in [-0.15, -0.1) is 0 Å². The molecule has 0 aliphatic carbocycles. The minimum atomic E-state index is -0.755. The lowest BCUT2D eigenvalue weighted by molar-refractivity contribution is -0.165. The second kappa shape index (κ2) is 8.14. The van der Waals surface area contributed by atoms with E-state index in [2.05, 4.69) is 0 Å². The zero-order chi connectivity index (χ0) is 18.6. The quantitative estimate of drug-likeness (QED) is 0.737. The summed E-state index contributed by atoms with van der Waals surface area (Å²) >= 11 is 0. The summed E-state index contributed by atoms with van der Waals surface area (Å²) in [5, 5.41) is 0. The van der Waals surface area contributed by atoms with Crippen molar-refractivity contribution in [3.63, 3.8) is 0 Å². The molecule has 1 heterocycles. The van der Waals surface area contributed by atoms with Crippen molar-refractivity contribution in [2.24, 2.45) is 5.92 Å². The molecule has 1 aliphatic rings. The Morgan fingerprint density at radius 3 is 2.12 bits per heavy atom. The van der Waals surface area contributed by atoms with Crippen molar-refractivity contribution >= 4 is 17.8 Å². The second-order valence-electron chi connectivity index (χ2n) is 6.92. The number of esters is 1. The monoisotopic (exact) mass is 346 g/mol. The van der Waals surface area contributed by atoms with E-state index < -0.39 is 12.0 Å². The first-order chi connectivity index (χ1) is 11.8. The van der Waals surface area contributed by atoms with E-state index in [1.807, 2.05) is 58.0 Å². The maximum absolute atomic E-state index is 12.6. The SMILES string of the molecule is CC(C)[C@@H](C(=O)OCc1ccccc1)N1CC(=O)N(C(C)C)CC1=O. The maximum atomic E-state index is 12.6. The average Bonchev–Trinajstić information content (AvgIpc) is 2.56. The van der Waals surface area contributed by atoms with Crippen molar-refractivity contribution in [1.29, 1.82) is 0 Å². The Balaban J connectivity index is 2.08. The highest BCUT2D eigenvalue weighted by molar-refractivity contribution is 5.95. The molecule has 2 rings (SSSR count). The Kier molecular flexibility index (Phi) is 6.17. The van der Waals surface area contributed by atoms with Crippen molar-refractivity contribution < 1.29 is 19.1 Å². The van der Waals surface area contributed by atoms with Crippen LogP contribution in [0, 0.1) is 5.92 Å². The Morgan fingerprint density at radius 2 is 1.56 bits per heavy atom. The fourth-order valence-electron chi connectivity index (χ4n) is 2.95. The molecule has 6 nitrogen and oxygen atoms in total. The minimum absolute atomic E-state index is 0.00564. The summed E-state index contributed by atoms with van der Waals surface area (Å²) in [5.74, 6) is -0.983. The first kappa shape index (κ1) is 19.0. The third kappa shape index (κ3) is 4.59. The number of nitrogens with zero attached hydrogens (tertiary/aromatic N) is 2. The van der Waals surface area contributed by atoms with Crippen LogP contribution >= 0.6 is 0 Å². The van der Waals surface area contributed by atoms with Crippen LogP contribution in [0.3, 0.4) is 0 Å². The third-order valence-electron chi connectivity index (χ3n) is 4.31. The van der Waals surface area contributed by atoms with Gasteiger partial charge in [0.05, 0.1) is 0 Å². The van der Waals surface area contributed by atoms with Gasteiger partial charge in [0.1, 0.15) is 25.7 Å². The van der Waals surface area contributed by atoms with Gasteiger partial charge in [-0.05, 0) is 25.3 Å². The summed E-state index contributed by atoms with van der Waals surface area (Å²) in [5.41, 5.74) is 0.880. The van der Waals surface area contributed by atoms with Crippen LogP contribution in [0.25, 0.3) is 0 Å². The van der Waals surface area contributed by atoms with Crippen molar-refractivity contribution in [3.8, 4) is 0 Å². The predicted octanol–water partition coefficient (Wildman–Crippen LogP) is 1.83. The second-order valence-corrected chi connectivity index (χ2v) is 6.92. The molecule has 0 aromatic heterocycles. The van der Waals surface area contributed by atoms with Gasteiger partial charge in [-0.3, -0.25) is 9.59 Å². The molecule has 1 atom stereocenters. The molecule has 0 spiro atoms. The van der Waals surface area contributed by atoms with Crippen molar-refractivity contribution in [3.05, 3.63) is 35.9 Å². The molecule has 1 aromatic carbocycles. The number of carbonyl (C=O) groups excluding carboxylic acids is 3. The van der Waals surface area contributed by atoms with Gasteiger partial charge in [-0.25, -0.2) is 4.79 Å². The van der Waals surface area contributed by atoms with Gasteiger partial charge in [0, 0.05) is 6.04 Å². The number of rotatable bonds is 6. The van der Waals surface area contributed by atoms with Crippen LogP contribution in [0.5, 0.6) is 0 Å². The molecule has 2 amide bonds. The van der Waals surface area contributed by atoms with Gasteiger partial charge in [-0.2, -0.15) is 0 Å². The molecule has 0 N–H and O–H groups in total. The molecular weight excluding hydrogens is 320 g/mol. The Hall–Kier alpha value is -2.37. The highest BCUT2D eigenvalue weighted by Crippen LogP contribution is 2.19. The number of amides is 2. The van der Waals surface area contributed by atoms with Crippen LogP contribution in [-0.4, -0.2) is 52.8 Å². The molecule has 1 fully saturated rings. The zero-order valence-electron chi connectivity index (χ0n) is 15.3. The molecule has 1 saturated heterocycles. The van der Waals surface area contributed by atoms with Crippen LogP contribution in [0.4, 0.5) is 0 Å². The van der Waals surface area contributed by atoms with E-state index in [0.717, 1.165) is 5.56 Å². The number of ether oxygens (including phenoxy) is 1. The summed E-state index contributed by atoms with van der Waals surface area (Å²) in [6.45, 7) is 7.51. The smallest absolute Gasteiger partial charge is 0.329 e. The summed E-state index contributed by atoms with van der Waals surface area (Å²) in [6.07, 6.45) is 0. The average molecular weight is 346 g/mol. The summed E-state index contributed by atoms with van der Waals surface area (Å²) in [4.78, 5) is 40.3. The molecule has 25 heavy (non-hydrogen) atoms. The van der Waals surface area contributed by atoms with Gasteiger partial charge >= 0.3 is 5.97 Å². The van der Waals surface area contributed by atoms with E-state index in [1.165, 1.54) is 9.80 Å². The van der Waals surface area contributed by atoms with E-state index in [4.69, 9.17) is 4.74 Å². The van der Waals surface area contributed by atoms with Crippen LogP contribution in [0.2, 0.25) is 0 Å². The Labute approximate surface area is 148 Å². The largest absolute Gasteiger partial charge is 0.459 e. The van der Waals surface area contributed by atoms with Gasteiger partial charge < -0.3 is 14.5 Å². The van der Waals surface area contributed by atoms with Crippen LogP contribution in [0.1, 0.15) is 33.3 Å². The molecular formula is C19H26N2O4. The molecule has 0 unspecified atom stereocenters. The van der Waals surface area contributed by atoms with Gasteiger partial charge in [0.15, 0.2) is 0 Å². The Bertz CT molecular complexity index is 628. The van der Waals surface area contributed by atoms with Crippen molar-refractivity contribution in [2.75, 3.05) is 13.1 Å². The zero-order valence-corrected chi connectivity index (χ0v) is 15.3. The standard InChI is InChI=1S/C19H26N2O4/c1-13(2)18(19(24)25-12-15-8-6-5-7-9-15)21-11-16(22)20(14(3)4)10-17(21)23/h5-9,13-14,18H,10-12H2,1-4H3/t18-/m0/s1. The Morgan fingerprint density at radius 1 is 1.00 bits per heavy atom. The number of carbonyl (C=O) groups is 3. The lowest BCUT2D eigenvalue weighted by atomic mass is 10.0. The summed E-state index contributed by atoms with van der Waals surface area (Å²) < 4.78 is 5.40. The van der Waals surface area contributed by atoms with Crippen LogP contribution in [0.15, 0.2) is 30.3 Å². The first-order valence-electron chi connectivity index (χ1n) is 8.60. The fraction of sp³-hybridized carbons (Fsp3) is 0.526. The molecule has 1 aliphatic heterocycles. The van der Waals surface area contributed by atoms with E-state index in [0.29, 0.717) is 0 Å². The molecule has 6 heteroatoms. The van der Waals surface area contributed by atoms with Gasteiger partial charge in [0.25, 0.3) is 0 Å². The highest BCUT2D eigenvalue weighted by Gasteiger charge is 2.40. The number of hydrogen-bond donors (Lipinski definition) is 0. The minimum Gasteiger partial charge on any atom is -0.459 e. The van der Waals surface area contributed by atoms with Crippen molar-refractivity contribution in [1.82, 2.24) is 9.80 Å². The molecule has 0 saturated carbocycles. The third-order valence-corrected chi connectivity index (χ3v) is 4.31. The summed E-state index contributed by atoms with van der Waals surface area (Å²) in [6, 6.07) is 8.57. The van der Waals surface area contributed by atoms with E-state index in [9.17, 15) is 14.4 Å². The van der Waals surface area contributed by atoms with Crippen molar-refractivity contribution in [2.45, 2.75) is 46.4 Å². The molecule has 1 aromatic rings. The predicted molar refractivity (Wildman–Crippen MR) is 93.4 cm³/mol. The van der Waals surface area contributed by atoms with Gasteiger partial charge in [-0.1, -0.05) is 44.2 Å². The maximum Gasteiger partial charge on any atom is 0.329 e. The number of benzene rings is 1. The van der Waals surface area contributed by atoms with Gasteiger partial charge in [0.2, 0.25) is 11.8 Å². The lowest BCUT2D eigenvalue weighted by Gasteiger charge is -2.40. The highest BCUT2D eigenvalue weighted by atomic mass is 16.5. The topological polar surface area (TPSA) is 66.9 Å². The van der Waals surface area contributed by atoms with E-state index in [-0.39, 0.29) is 43.5 Å². The first-order valence-corrected chi connectivity index (χ1v) is 8.60. The van der Waals surface area contributed by atoms with Crippen LogP contribution < -0.4 is 0 Å². The normalized spacial score (nSPS) is 16.6. The molecule has 0 radical (unpaired) electrons. The molecule has 0 bridgehead atoms.